The summed E-state index contributed by atoms with van der Waals surface area (Å²) in [5.74, 6) is 0.287. The smallest absolute Gasteiger partial charge is 0.251 e. The van der Waals surface area contributed by atoms with Crippen molar-refractivity contribution >= 4 is 32.8 Å². The molecule has 1 unspecified atom stereocenters. The molecule has 33 heavy (non-hydrogen) atoms. The van der Waals surface area contributed by atoms with Crippen molar-refractivity contribution in [3.05, 3.63) is 47.9 Å². The molecule has 1 atom stereocenters. The number of aromatic nitrogens is 3. The summed E-state index contributed by atoms with van der Waals surface area (Å²) in [6, 6.07) is 6.37. The Morgan fingerprint density at radius 1 is 1.30 bits per heavy atom. The highest BCUT2D eigenvalue weighted by molar-refractivity contribution is 7.94. The molecule has 0 amide bonds. The van der Waals surface area contributed by atoms with E-state index in [0.29, 0.717) is 10.9 Å². The summed E-state index contributed by atoms with van der Waals surface area (Å²) in [6.07, 6.45) is 2.22. The Kier molecular flexibility index (Phi) is 4.82. The van der Waals surface area contributed by atoms with Crippen LogP contribution in [0.1, 0.15) is 24.1 Å². The molecule has 12 heteroatoms. The number of hydrogen-bond acceptors (Lipinski definition) is 7. The first-order chi connectivity index (χ1) is 15.7. The first-order valence-electron chi connectivity index (χ1n) is 10.3. The number of halogens is 2. The summed E-state index contributed by atoms with van der Waals surface area (Å²) in [7, 11) is -1.22. The maximum Gasteiger partial charge on any atom is 0.251 e. The number of rotatable bonds is 6. The number of alkyl halides is 2. The Bertz CT molecular complexity index is 1370. The molecule has 0 radical (unpaired) electrons. The van der Waals surface area contributed by atoms with E-state index in [2.05, 4.69) is 25.3 Å². The number of nitrogens with one attached hydrogen (secondary N) is 2. The number of pyridine rings is 1. The van der Waals surface area contributed by atoms with Crippen LogP contribution in [-0.2, 0) is 27.5 Å². The van der Waals surface area contributed by atoms with Crippen LogP contribution in [0.5, 0.6) is 5.75 Å². The van der Waals surface area contributed by atoms with Gasteiger partial charge in [0.15, 0.2) is 4.75 Å². The number of fused-ring (bicyclic) bond motifs is 1. The largest absolute Gasteiger partial charge is 0.494 e. The second-order valence-corrected chi connectivity index (χ2v) is 10.2. The molecule has 2 aromatic heterocycles. The fourth-order valence-corrected chi connectivity index (χ4v) is 6.02. The molecular weight excluding hydrogens is 454 g/mol. The number of hydrogen-bond donors (Lipinski definition) is 2. The Morgan fingerprint density at radius 2 is 2.09 bits per heavy atom. The Morgan fingerprint density at radius 3 is 2.76 bits per heavy atom. The molecule has 1 aliphatic carbocycles. The molecule has 5 rings (SSSR count). The van der Waals surface area contributed by atoms with Crippen LogP contribution in [0.25, 0.3) is 10.9 Å². The van der Waals surface area contributed by atoms with E-state index in [9.17, 15) is 12.8 Å². The van der Waals surface area contributed by atoms with Crippen molar-refractivity contribution < 1.29 is 21.9 Å². The highest BCUT2D eigenvalue weighted by Crippen LogP contribution is 2.50. The van der Waals surface area contributed by atoms with Crippen molar-refractivity contribution in [1.29, 1.82) is 0 Å². The summed E-state index contributed by atoms with van der Waals surface area (Å²) in [4.78, 5) is 4.26. The zero-order chi connectivity index (χ0) is 23.4. The number of hydrazone groups is 1. The van der Waals surface area contributed by atoms with Gasteiger partial charge in [-0.2, -0.15) is 10.2 Å². The standard InChI is InChI=1S/C21H22F2N6O3S/c1-29-18-13(10-27-29)5-6-16(32-2)17(18)28-33(30,31)21(11-25-26-12-21)19-15(4-3-7-24-19)20(23)8-14(22)9-20/h3-7,10-11,14,26,28H,8-9,12H2,1-2H3. The van der Waals surface area contributed by atoms with E-state index in [1.165, 1.54) is 36.3 Å². The second kappa shape index (κ2) is 7.37. The van der Waals surface area contributed by atoms with Crippen LogP contribution in [0.15, 0.2) is 41.8 Å². The van der Waals surface area contributed by atoms with Crippen molar-refractivity contribution in [2.45, 2.75) is 29.4 Å². The molecule has 0 spiro atoms. The van der Waals surface area contributed by atoms with Crippen molar-refractivity contribution in [2.75, 3.05) is 18.4 Å². The van der Waals surface area contributed by atoms with E-state index in [0.717, 1.165) is 0 Å². The van der Waals surface area contributed by atoms with Crippen LogP contribution in [0.3, 0.4) is 0 Å². The van der Waals surface area contributed by atoms with Gasteiger partial charge < -0.3 is 10.2 Å². The third-order valence-electron chi connectivity index (χ3n) is 6.29. The number of nitrogens with zero attached hydrogens (tertiary/aromatic N) is 4. The van der Waals surface area contributed by atoms with Crippen molar-refractivity contribution in [3.63, 3.8) is 0 Å². The van der Waals surface area contributed by atoms with E-state index in [4.69, 9.17) is 4.74 Å². The van der Waals surface area contributed by atoms with Crippen LogP contribution in [0, 0.1) is 0 Å². The van der Waals surface area contributed by atoms with Gasteiger partial charge in [0.2, 0.25) is 0 Å². The third kappa shape index (κ3) is 3.15. The van der Waals surface area contributed by atoms with E-state index in [-0.39, 0.29) is 42.1 Å². The lowest BCUT2D eigenvalue weighted by molar-refractivity contribution is -0.0173. The summed E-state index contributed by atoms with van der Waals surface area (Å²) < 4.78 is 64.8. The average molecular weight is 477 g/mol. The minimum Gasteiger partial charge on any atom is -0.494 e. The highest BCUT2D eigenvalue weighted by atomic mass is 32.2. The van der Waals surface area contributed by atoms with Crippen molar-refractivity contribution in [1.82, 2.24) is 20.2 Å². The van der Waals surface area contributed by atoms with Gasteiger partial charge in [0.05, 0.1) is 37.3 Å². The zero-order valence-electron chi connectivity index (χ0n) is 17.9. The average Bonchev–Trinajstić information content (AvgIpc) is 3.41. The molecule has 1 saturated carbocycles. The Labute approximate surface area is 188 Å². The fraction of sp³-hybridized carbons (Fsp3) is 0.381. The Hall–Kier alpha value is -3.28. The van der Waals surface area contributed by atoms with Gasteiger partial charge in [-0.3, -0.25) is 14.4 Å². The monoisotopic (exact) mass is 476 g/mol. The second-order valence-electron chi connectivity index (χ2n) is 8.31. The van der Waals surface area contributed by atoms with Gasteiger partial charge in [-0.15, -0.1) is 0 Å². The minimum absolute atomic E-state index is 0.0307. The predicted molar refractivity (Wildman–Crippen MR) is 119 cm³/mol. The molecule has 9 nitrogen and oxygen atoms in total. The van der Waals surface area contributed by atoms with Gasteiger partial charge in [-0.1, -0.05) is 6.07 Å². The summed E-state index contributed by atoms with van der Waals surface area (Å²) in [5.41, 5.74) is 1.38. The number of ether oxygens (including phenoxy) is 1. The van der Waals surface area contributed by atoms with Gasteiger partial charge in [0.25, 0.3) is 10.0 Å². The number of sulfonamides is 1. The molecule has 1 fully saturated rings. The molecule has 3 heterocycles. The lowest BCUT2D eigenvalue weighted by Gasteiger charge is -2.40. The Balaban J connectivity index is 1.66. The SMILES string of the molecule is COc1ccc2cnn(C)c2c1NS(=O)(=O)C1(c2ncccc2C2(F)CC(F)C2)C=NNC1. The quantitative estimate of drug-likeness (QED) is 0.566. The first-order valence-corrected chi connectivity index (χ1v) is 11.8. The van der Waals surface area contributed by atoms with E-state index < -0.39 is 26.6 Å². The molecular formula is C21H22F2N6O3S. The first kappa shape index (κ1) is 21.6. The van der Waals surface area contributed by atoms with Gasteiger partial charge in [-0.05, 0) is 18.2 Å². The lowest BCUT2D eigenvalue weighted by Crippen LogP contribution is -2.48. The molecule has 1 aliphatic heterocycles. The van der Waals surface area contributed by atoms with Crippen molar-refractivity contribution in [3.8, 4) is 5.75 Å². The normalized spacial score (nSPS) is 26.7. The van der Waals surface area contributed by atoms with E-state index in [1.807, 2.05) is 0 Å². The topological polar surface area (TPSA) is 110 Å². The van der Waals surface area contributed by atoms with Crippen molar-refractivity contribution in [2.24, 2.45) is 12.1 Å². The van der Waals surface area contributed by atoms with Gasteiger partial charge >= 0.3 is 0 Å². The summed E-state index contributed by atoms with van der Waals surface area (Å²) in [5, 5.41) is 8.84. The van der Waals surface area contributed by atoms with Gasteiger partial charge in [0, 0.05) is 37.0 Å². The van der Waals surface area contributed by atoms with Gasteiger partial charge in [0.1, 0.15) is 23.3 Å². The van der Waals surface area contributed by atoms with Crippen LogP contribution in [0.4, 0.5) is 14.5 Å². The summed E-state index contributed by atoms with van der Waals surface area (Å²) in [6.45, 7) is -0.175. The van der Waals surface area contributed by atoms with Gasteiger partial charge in [-0.25, -0.2) is 17.2 Å². The zero-order valence-corrected chi connectivity index (χ0v) is 18.7. The lowest BCUT2D eigenvalue weighted by atomic mass is 9.73. The molecule has 2 N–H and O–H groups in total. The van der Waals surface area contributed by atoms with E-state index in [1.54, 1.807) is 25.4 Å². The fourth-order valence-electron chi connectivity index (χ4n) is 4.50. The van der Waals surface area contributed by atoms with Crippen LogP contribution < -0.4 is 14.9 Å². The molecule has 2 aliphatic rings. The molecule has 174 valence electrons. The molecule has 3 aromatic rings. The maximum atomic E-state index is 15.5. The minimum atomic E-state index is -4.33. The third-order valence-corrected chi connectivity index (χ3v) is 8.16. The number of benzene rings is 1. The molecule has 0 saturated heterocycles. The van der Waals surface area contributed by atoms with Crippen LogP contribution in [0.2, 0.25) is 0 Å². The molecule has 0 bridgehead atoms. The van der Waals surface area contributed by atoms with E-state index >= 15 is 4.39 Å². The van der Waals surface area contributed by atoms with Crippen LogP contribution in [-0.4, -0.2) is 49.2 Å². The maximum absolute atomic E-state index is 15.5. The summed E-state index contributed by atoms with van der Waals surface area (Å²) >= 11 is 0. The number of aryl methyl sites for hydroxylation is 1. The highest BCUT2D eigenvalue weighted by Gasteiger charge is 2.55. The number of methoxy groups -OCH3 is 1. The predicted octanol–water partition coefficient (Wildman–Crippen LogP) is 2.50. The number of anilines is 1. The molecule has 1 aromatic carbocycles. The van der Waals surface area contributed by atoms with Crippen LogP contribution >= 0.6 is 0 Å².